The first kappa shape index (κ1) is 18.7. The Balaban J connectivity index is 2.47. The standard InChI is InChI=1S/C16H11ClF3NO4/c1-2-10-11(8-22)13(21(23)24)4-6-14(10)25-15-5-3-9(7-12(15)17)16(18,19)20/h3-8H,2H2,1H3. The fraction of sp³-hybridized carbons (Fsp3) is 0.188. The van der Waals surface area contributed by atoms with Gasteiger partial charge in [-0.15, -0.1) is 0 Å². The fourth-order valence-electron chi connectivity index (χ4n) is 2.26. The van der Waals surface area contributed by atoms with Crippen LogP contribution in [0.2, 0.25) is 5.02 Å². The molecule has 0 aromatic heterocycles. The molecule has 0 saturated heterocycles. The zero-order valence-corrected chi connectivity index (χ0v) is 13.5. The molecule has 0 saturated carbocycles. The molecule has 2 aromatic carbocycles. The van der Waals surface area contributed by atoms with Crippen LogP contribution < -0.4 is 4.74 Å². The number of carbonyl (C=O) groups is 1. The first-order valence-electron chi connectivity index (χ1n) is 6.99. The number of nitrogens with zero attached hydrogens (tertiary/aromatic N) is 1. The summed E-state index contributed by atoms with van der Waals surface area (Å²) in [6, 6.07) is 4.94. The molecule has 0 unspecified atom stereocenters. The molecule has 0 N–H and O–H groups in total. The number of halogens is 4. The molecule has 9 heteroatoms. The molecule has 0 fully saturated rings. The van der Waals surface area contributed by atoms with Gasteiger partial charge in [-0.1, -0.05) is 18.5 Å². The van der Waals surface area contributed by atoms with Crippen molar-refractivity contribution in [1.29, 1.82) is 0 Å². The minimum atomic E-state index is -4.55. The first-order valence-corrected chi connectivity index (χ1v) is 7.36. The van der Waals surface area contributed by atoms with Gasteiger partial charge in [0.25, 0.3) is 5.69 Å². The molecule has 0 atom stereocenters. The lowest BCUT2D eigenvalue weighted by molar-refractivity contribution is -0.385. The molecule has 0 aliphatic heterocycles. The minimum absolute atomic E-state index is 0.0601. The highest BCUT2D eigenvalue weighted by molar-refractivity contribution is 6.32. The van der Waals surface area contributed by atoms with E-state index in [9.17, 15) is 28.1 Å². The van der Waals surface area contributed by atoms with Crippen LogP contribution in [0.15, 0.2) is 30.3 Å². The smallest absolute Gasteiger partial charge is 0.416 e. The Hall–Kier alpha value is -2.61. The summed E-state index contributed by atoms with van der Waals surface area (Å²) in [6.07, 6.45) is -3.96. The molecular weight excluding hydrogens is 363 g/mol. The highest BCUT2D eigenvalue weighted by atomic mass is 35.5. The summed E-state index contributed by atoms with van der Waals surface area (Å²) >= 11 is 5.83. The molecule has 5 nitrogen and oxygen atoms in total. The predicted octanol–water partition coefficient (Wildman–Crippen LogP) is 5.43. The summed E-state index contributed by atoms with van der Waals surface area (Å²) in [6.45, 7) is 1.66. The van der Waals surface area contributed by atoms with Crippen LogP contribution in [0.25, 0.3) is 0 Å². The summed E-state index contributed by atoms with van der Waals surface area (Å²) < 4.78 is 43.5. The maximum atomic E-state index is 12.7. The maximum absolute atomic E-state index is 12.7. The van der Waals surface area contributed by atoms with Gasteiger partial charge in [-0.2, -0.15) is 13.2 Å². The number of nitro groups is 1. The van der Waals surface area contributed by atoms with Crippen molar-refractivity contribution in [1.82, 2.24) is 0 Å². The Bertz CT molecular complexity index is 837. The van der Waals surface area contributed by atoms with Crippen LogP contribution in [-0.4, -0.2) is 11.2 Å². The minimum Gasteiger partial charge on any atom is -0.455 e. The van der Waals surface area contributed by atoms with Crippen LogP contribution in [0.5, 0.6) is 11.5 Å². The van der Waals surface area contributed by atoms with Crippen molar-refractivity contribution in [2.24, 2.45) is 0 Å². The first-order chi connectivity index (χ1) is 11.7. The average molecular weight is 374 g/mol. The lowest BCUT2D eigenvalue weighted by Gasteiger charge is -2.14. The molecule has 0 amide bonds. The van der Waals surface area contributed by atoms with Crippen LogP contribution in [0, 0.1) is 10.1 Å². The Labute approximate surface area is 145 Å². The Kier molecular flexibility index (Phi) is 5.32. The van der Waals surface area contributed by atoms with Gasteiger partial charge in [0.05, 0.1) is 21.1 Å². The third-order valence-electron chi connectivity index (χ3n) is 3.44. The van der Waals surface area contributed by atoms with Crippen molar-refractivity contribution in [2.45, 2.75) is 19.5 Å². The summed E-state index contributed by atoms with van der Waals surface area (Å²) in [5.41, 5.74) is -1.19. The number of carbonyl (C=O) groups excluding carboxylic acids is 1. The van der Waals surface area contributed by atoms with E-state index in [0.29, 0.717) is 12.4 Å². The monoisotopic (exact) mass is 373 g/mol. The van der Waals surface area contributed by atoms with Gasteiger partial charge in [-0.3, -0.25) is 14.9 Å². The predicted molar refractivity (Wildman–Crippen MR) is 84.4 cm³/mol. The van der Waals surface area contributed by atoms with Crippen molar-refractivity contribution in [3.8, 4) is 11.5 Å². The molecule has 132 valence electrons. The fourth-order valence-corrected chi connectivity index (χ4v) is 2.48. The lowest BCUT2D eigenvalue weighted by Crippen LogP contribution is -2.05. The summed E-state index contributed by atoms with van der Waals surface area (Å²) in [5, 5.41) is 10.7. The van der Waals surface area contributed by atoms with E-state index >= 15 is 0 Å². The number of aldehydes is 1. The molecule has 0 aliphatic rings. The van der Waals surface area contributed by atoms with E-state index in [0.717, 1.165) is 18.2 Å². The van der Waals surface area contributed by atoms with Gasteiger partial charge in [-0.25, -0.2) is 0 Å². The van der Waals surface area contributed by atoms with Gasteiger partial charge in [-0.05, 0) is 30.7 Å². The van der Waals surface area contributed by atoms with Crippen molar-refractivity contribution in [3.05, 3.63) is 62.2 Å². The maximum Gasteiger partial charge on any atom is 0.416 e. The van der Waals surface area contributed by atoms with E-state index in [-0.39, 0.29) is 39.8 Å². The molecule has 0 aliphatic carbocycles. The molecule has 2 aromatic rings. The second-order valence-electron chi connectivity index (χ2n) is 4.95. The quantitative estimate of drug-likeness (QED) is 0.398. The lowest BCUT2D eigenvalue weighted by atomic mass is 10.0. The Morgan fingerprint density at radius 1 is 1.24 bits per heavy atom. The van der Waals surface area contributed by atoms with E-state index in [1.165, 1.54) is 6.07 Å². The SMILES string of the molecule is CCc1c(Oc2ccc(C(F)(F)F)cc2Cl)ccc([N+](=O)[O-])c1C=O. The highest BCUT2D eigenvalue weighted by Gasteiger charge is 2.31. The van der Waals surface area contributed by atoms with Crippen LogP contribution >= 0.6 is 11.6 Å². The molecule has 25 heavy (non-hydrogen) atoms. The normalized spacial score (nSPS) is 11.2. The van der Waals surface area contributed by atoms with E-state index in [2.05, 4.69) is 0 Å². The van der Waals surface area contributed by atoms with Crippen molar-refractivity contribution in [2.75, 3.05) is 0 Å². The number of hydrogen-bond acceptors (Lipinski definition) is 4. The number of hydrogen-bond donors (Lipinski definition) is 0. The Morgan fingerprint density at radius 2 is 1.88 bits per heavy atom. The van der Waals surface area contributed by atoms with Gasteiger partial charge < -0.3 is 4.74 Å². The van der Waals surface area contributed by atoms with E-state index < -0.39 is 16.7 Å². The largest absolute Gasteiger partial charge is 0.455 e. The van der Waals surface area contributed by atoms with Crippen molar-refractivity contribution in [3.63, 3.8) is 0 Å². The number of benzene rings is 2. The number of ether oxygens (including phenoxy) is 1. The topological polar surface area (TPSA) is 69.4 Å². The zero-order chi connectivity index (χ0) is 18.8. The van der Waals surface area contributed by atoms with Gasteiger partial charge in [0.15, 0.2) is 6.29 Å². The number of nitro benzene ring substituents is 1. The average Bonchev–Trinajstić information content (AvgIpc) is 2.54. The molecule has 0 spiro atoms. The number of alkyl halides is 3. The van der Waals surface area contributed by atoms with Crippen molar-refractivity contribution < 1.29 is 27.6 Å². The summed E-state index contributed by atoms with van der Waals surface area (Å²) in [7, 11) is 0. The molecule has 0 heterocycles. The third kappa shape index (κ3) is 3.90. The molecular formula is C16H11ClF3NO4. The molecule has 0 radical (unpaired) electrons. The van der Waals surface area contributed by atoms with Crippen LogP contribution in [0.4, 0.5) is 18.9 Å². The summed E-state index contributed by atoms with van der Waals surface area (Å²) in [4.78, 5) is 21.5. The molecule has 0 bridgehead atoms. The van der Waals surface area contributed by atoms with Gasteiger partial charge in [0.1, 0.15) is 11.5 Å². The van der Waals surface area contributed by atoms with Crippen LogP contribution in [-0.2, 0) is 12.6 Å². The van der Waals surface area contributed by atoms with Gasteiger partial charge in [0, 0.05) is 11.6 Å². The van der Waals surface area contributed by atoms with E-state index in [4.69, 9.17) is 16.3 Å². The number of rotatable bonds is 5. The second-order valence-corrected chi connectivity index (χ2v) is 5.36. The third-order valence-corrected chi connectivity index (χ3v) is 3.73. The van der Waals surface area contributed by atoms with E-state index in [1.807, 2.05) is 0 Å². The van der Waals surface area contributed by atoms with Gasteiger partial charge >= 0.3 is 6.18 Å². The van der Waals surface area contributed by atoms with Crippen LogP contribution in [0.3, 0.4) is 0 Å². The summed E-state index contributed by atoms with van der Waals surface area (Å²) in [5.74, 6) is 0.0481. The van der Waals surface area contributed by atoms with Crippen LogP contribution in [0.1, 0.15) is 28.4 Å². The Morgan fingerprint density at radius 3 is 2.36 bits per heavy atom. The van der Waals surface area contributed by atoms with Crippen molar-refractivity contribution >= 4 is 23.6 Å². The second kappa shape index (κ2) is 7.10. The van der Waals surface area contributed by atoms with Gasteiger partial charge in [0.2, 0.25) is 0 Å². The van der Waals surface area contributed by atoms with E-state index in [1.54, 1.807) is 6.92 Å². The highest BCUT2D eigenvalue weighted by Crippen LogP contribution is 2.38. The molecule has 2 rings (SSSR count). The zero-order valence-electron chi connectivity index (χ0n) is 12.8.